The number of fused-ring (bicyclic) bond motifs is 1. The fraction of sp³-hybridized carbons (Fsp3) is 0.500. The third-order valence-electron chi connectivity index (χ3n) is 2.72. The van der Waals surface area contributed by atoms with Crippen LogP contribution in [0.15, 0.2) is 18.2 Å². The smallest absolute Gasteiger partial charge is 0.121 e. The fourth-order valence-corrected chi connectivity index (χ4v) is 1.96. The molecule has 1 heterocycles. The van der Waals surface area contributed by atoms with Crippen LogP contribution in [0, 0.1) is 0 Å². The SMILES string of the molecule is ON1CCc2ccc(OCCCCCl)cc2N1. The maximum absolute atomic E-state index is 9.36. The van der Waals surface area contributed by atoms with Crippen molar-refractivity contribution in [3.8, 4) is 5.75 Å². The van der Waals surface area contributed by atoms with Crippen molar-refractivity contribution in [2.24, 2.45) is 0 Å². The van der Waals surface area contributed by atoms with Crippen LogP contribution in [-0.2, 0) is 6.42 Å². The monoisotopic (exact) mass is 256 g/mol. The topological polar surface area (TPSA) is 44.7 Å². The third kappa shape index (κ3) is 3.49. The Balaban J connectivity index is 1.93. The second-order valence-electron chi connectivity index (χ2n) is 4.05. The van der Waals surface area contributed by atoms with Gasteiger partial charge in [0, 0.05) is 18.5 Å². The molecule has 0 aliphatic carbocycles. The number of anilines is 1. The van der Waals surface area contributed by atoms with E-state index in [-0.39, 0.29) is 0 Å². The molecule has 0 fully saturated rings. The Kier molecular flexibility index (Phi) is 4.48. The summed E-state index contributed by atoms with van der Waals surface area (Å²) in [5.41, 5.74) is 5.00. The second kappa shape index (κ2) is 6.10. The number of unbranched alkanes of at least 4 members (excludes halogenated alkanes) is 1. The summed E-state index contributed by atoms with van der Waals surface area (Å²) in [6.07, 6.45) is 2.76. The van der Waals surface area contributed by atoms with Crippen LogP contribution in [0.1, 0.15) is 18.4 Å². The summed E-state index contributed by atoms with van der Waals surface area (Å²) >= 11 is 5.60. The van der Waals surface area contributed by atoms with Crippen molar-refractivity contribution in [3.05, 3.63) is 23.8 Å². The molecule has 1 aromatic carbocycles. The van der Waals surface area contributed by atoms with E-state index in [0.717, 1.165) is 35.9 Å². The summed E-state index contributed by atoms with van der Waals surface area (Å²) in [5.74, 6) is 1.50. The first-order valence-electron chi connectivity index (χ1n) is 5.84. The second-order valence-corrected chi connectivity index (χ2v) is 4.43. The first kappa shape index (κ1) is 12.5. The van der Waals surface area contributed by atoms with Gasteiger partial charge in [-0.05, 0) is 30.9 Å². The number of rotatable bonds is 5. The molecule has 0 aromatic heterocycles. The standard InChI is InChI=1S/C12H17ClN2O2/c13-6-1-2-8-17-11-4-3-10-5-7-15(16)14-12(10)9-11/h3-4,9,14,16H,1-2,5-8H2. The number of nitrogens with one attached hydrogen (secondary N) is 1. The lowest BCUT2D eigenvalue weighted by atomic mass is 10.1. The number of hydroxylamine groups is 1. The predicted octanol–water partition coefficient (Wildman–Crippen LogP) is 2.66. The van der Waals surface area contributed by atoms with Crippen molar-refractivity contribution >= 4 is 17.3 Å². The summed E-state index contributed by atoms with van der Waals surface area (Å²) in [6, 6.07) is 5.92. The molecule has 2 rings (SSSR count). The maximum atomic E-state index is 9.36. The van der Waals surface area contributed by atoms with Crippen LogP contribution in [0.3, 0.4) is 0 Å². The van der Waals surface area contributed by atoms with Gasteiger partial charge in [0.05, 0.1) is 12.3 Å². The molecule has 5 heteroatoms. The summed E-state index contributed by atoms with van der Waals surface area (Å²) in [5, 5.41) is 10.5. The molecule has 1 aromatic rings. The van der Waals surface area contributed by atoms with Gasteiger partial charge in [0.15, 0.2) is 0 Å². The summed E-state index contributed by atoms with van der Waals surface area (Å²) in [4.78, 5) is 0. The van der Waals surface area contributed by atoms with Crippen LogP contribution >= 0.6 is 11.6 Å². The number of nitrogens with zero attached hydrogens (tertiary/aromatic N) is 1. The summed E-state index contributed by atoms with van der Waals surface area (Å²) in [7, 11) is 0. The van der Waals surface area contributed by atoms with Gasteiger partial charge in [-0.15, -0.1) is 16.8 Å². The summed E-state index contributed by atoms with van der Waals surface area (Å²) < 4.78 is 5.61. The molecule has 17 heavy (non-hydrogen) atoms. The van der Waals surface area contributed by atoms with Crippen molar-refractivity contribution in [1.29, 1.82) is 0 Å². The lowest BCUT2D eigenvalue weighted by Gasteiger charge is -2.25. The minimum absolute atomic E-state index is 0.600. The summed E-state index contributed by atoms with van der Waals surface area (Å²) in [6.45, 7) is 1.28. The molecular formula is C12H17ClN2O2. The van der Waals surface area contributed by atoms with E-state index in [0.29, 0.717) is 19.0 Å². The molecule has 0 atom stereocenters. The lowest BCUT2D eigenvalue weighted by Crippen LogP contribution is -2.32. The zero-order valence-electron chi connectivity index (χ0n) is 9.66. The molecular weight excluding hydrogens is 240 g/mol. The normalized spacial score (nSPS) is 15.2. The number of ether oxygens (including phenoxy) is 1. The third-order valence-corrected chi connectivity index (χ3v) is 2.99. The van der Waals surface area contributed by atoms with Crippen LogP contribution in [0.5, 0.6) is 5.75 Å². The first-order valence-corrected chi connectivity index (χ1v) is 6.38. The first-order chi connectivity index (χ1) is 8.29. The van der Waals surface area contributed by atoms with Crippen molar-refractivity contribution in [1.82, 2.24) is 5.17 Å². The van der Waals surface area contributed by atoms with Gasteiger partial charge in [-0.3, -0.25) is 10.6 Å². The van der Waals surface area contributed by atoms with E-state index in [2.05, 4.69) is 5.43 Å². The Hall–Kier alpha value is -0.970. The van der Waals surface area contributed by atoms with Gasteiger partial charge >= 0.3 is 0 Å². The molecule has 0 amide bonds. The van der Waals surface area contributed by atoms with Crippen molar-refractivity contribution in [3.63, 3.8) is 0 Å². The van der Waals surface area contributed by atoms with Gasteiger partial charge in [0.1, 0.15) is 5.75 Å². The number of benzene rings is 1. The van der Waals surface area contributed by atoms with E-state index < -0.39 is 0 Å². The molecule has 0 spiro atoms. The highest BCUT2D eigenvalue weighted by Crippen LogP contribution is 2.26. The number of halogens is 1. The molecule has 1 aliphatic heterocycles. The molecule has 0 saturated carbocycles. The Morgan fingerprint density at radius 3 is 3.12 bits per heavy atom. The van der Waals surface area contributed by atoms with Crippen LogP contribution in [0.2, 0.25) is 0 Å². The molecule has 1 aliphatic rings. The average molecular weight is 257 g/mol. The van der Waals surface area contributed by atoms with Crippen molar-refractivity contribution in [2.45, 2.75) is 19.3 Å². The lowest BCUT2D eigenvalue weighted by molar-refractivity contribution is -0.0679. The molecule has 4 nitrogen and oxygen atoms in total. The van der Waals surface area contributed by atoms with Gasteiger partial charge in [-0.2, -0.15) is 0 Å². The fourth-order valence-electron chi connectivity index (χ4n) is 1.78. The average Bonchev–Trinajstić information content (AvgIpc) is 2.34. The van der Waals surface area contributed by atoms with Crippen LogP contribution < -0.4 is 10.2 Å². The predicted molar refractivity (Wildman–Crippen MR) is 67.7 cm³/mol. The zero-order chi connectivity index (χ0) is 12.1. The highest BCUT2D eigenvalue weighted by Gasteiger charge is 2.13. The van der Waals surface area contributed by atoms with E-state index in [4.69, 9.17) is 16.3 Å². The van der Waals surface area contributed by atoms with Gasteiger partial charge in [0.2, 0.25) is 0 Å². The number of alkyl halides is 1. The van der Waals surface area contributed by atoms with Gasteiger partial charge < -0.3 is 4.74 Å². The van der Waals surface area contributed by atoms with Crippen molar-refractivity contribution in [2.75, 3.05) is 24.5 Å². The molecule has 0 bridgehead atoms. The Labute approximate surface area is 106 Å². The molecule has 0 saturated heterocycles. The Morgan fingerprint density at radius 1 is 1.41 bits per heavy atom. The minimum atomic E-state index is 0.600. The van der Waals surface area contributed by atoms with E-state index in [1.807, 2.05) is 18.2 Å². The van der Waals surface area contributed by atoms with E-state index >= 15 is 0 Å². The highest BCUT2D eigenvalue weighted by atomic mass is 35.5. The largest absolute Gasteiger partial charge is 0.494 e. The van der Waals surface area contributed by atoms with Crippen LogP contribution in [0.25, 0.3) is 0 Å². The number of hydrazine groups is 1. The van der Waals surface area contributed by atoms with Crippen LogP contribution in [0.4, 0.5) is 5.69 Å². The quantitative estimate of drug-likeness (QED) is 0.628. The molecule has 94 valence electrons. The van der Waals surface area contributed by atoms with Gasteiger partial charge in [-0.1, -0.05) is 6.07 Å². The minimum Gasteiger partial charge on any atom is -0.494 e. The number of hydrogen-bond donors (Lipinski definition) is 2. The van der Waals surface area contributed by atoms with Gasteiger partial charge in [0.25, 0.3) is 0 Å². The van der Waals surface area contributed by atoms with Gasteiger partial charge in [-0.25, -0.2) is 0 Å². The van der Waals surface area contributed by atoms with Crippen LogP contribution in [-0.4, -0.2) is 29.4 Å². The molecule has 0 unspecified atom stereocenters. The van der Waals surface area contributed by atoms with E-state index in [1.54, 1.807) is 0 Å². The maximum Gasteiger partial charge on any atom is 0.121 e. The zero-order valence-corrected chi connectivity index (χ0v) is 10.4. The molecule has 2 N–H and O–H groups in total. The van der Waals surface area contributed by atoms with E-state index in [1.165, 1.54) is 5.56 Å². The Morgan fingerprint density at radius 2 is 2.29 bits per heavy atom. The Bertz CT molecular complexity index is 374. The van der Waals surface area contributed by atoms with Crippen molar-refractivity contribution < 1.29 is 9.94 Å². The van der Waals surface area contributed by atoms with E-state index in [9.17, 15) is 5.21 Å². The molecule has 0 radical (unpaired) electrons. The number of hydrogen-bond acceptors (Lipinski definition) is 4. The highest BCUT2D eigenvalue weighted by molar-refractivity contribution is 6.17.